The summed E-state index contributed by atoms with van der Waals surface area (Å²) >= 11 is 0. The Balaban J connectivity index is 0.000000163. The van der Waals surface area contributed by atoms with E-state index in [9.17, 15) is 0 Å². The van der Waals surface area contributed by atoms with Gasteiger partial charge in [0, 0.05) is 13.1 Å². The summed E-state index contributed by atoms with van der Waals surface area (Å²) < 4.78 is 0. The van der Waals surface area contributed by atoms with Crippen molar-refractivity contribution in [3.05, 3.63) is 0 Å². The number of fused-ring (bicyclic) bond motifs is 4. The van der Waals surface area contributed by atoms with Gasteiger partial charge in [-0.05, 0) is 87.4 Å². The monoisotopic (exact) mass is 416 g/mol. The largest absolute Gasteiger partial charge is 0.308 e. The minimum absolute atomic E-state index is 0.686. The maximum atomic E-state index is 2.47. The van der Waals surface area contributed by atoms with Gasteiger partial charge in [0.1, 0.15) is 15.7 Å². The van der Waals surface area contributed by atoms with Gasteiger partial charge in [-0.15, -0.1) is 0 Å². The van der Waals surface area contributed by atoms with Gasteiger partial charge in [0.15, 0.2) is 0 Å². The molecule has 0 saturated heterocycles. The summed E-state index contributed by atoms with van der Waals surface area (Å²) in [4.78, 5) is 4.36. The minimum atomic E-state index is 0.686. The first-order valence-electron chi connectivity index (χ1n) is 13.0. The van der Waals surface area contributed by atoms with E-state index in [4.69, 9.17) is 0 Å². The Morgan fingerprint density at radius 2 is 0.933 bits per heavy atom. The summed E-state index contributed by atoms with van der Waals surface area (Å²) in [7, 11) is 13.2. The topological polar surface area (TPSA) is 6.48 Å². The molecule has 8 atom stereocenters. The third kappa shape index (κ3) is 5.51. The maximum absolute atomic E-state index is 2.47. The summed E-state index contributed by atoms with van der Waals surface area (Å²) in [5.74, 6) is 8.13. The molecule has 2 nitrogen and oxygen atoms in total. The fourth-order valence-electron chi connectivity index (χ4n) is 7.22. The van der Waals surface area contributed by atoms with Crippen molar-refractivity contribution in [2.45, 2.75) is 78.9 Å². The second-order valence-electron chi connectivity index (χ2n) is 13.5. The molecule has 0 radical (unpaired) electrons. The number of rotatable bonds is 3. The van der Waals surface area contributed by atoms with E-state index in [0.717, 1.165) is 60.2 Å². The molecule has 0 aromatic rings. The van der Waals surface area contributed by atoms with Gasteiger partial charge >= 0.3 is 0 Å². The zero-order valence-electron chi connectivity index (χ0n) is 22.8. The standard InChI is InChI=1S/2C10H19B.C6H16N2/c2*1-6-8-4-7(5-9(6)11)10(8,2)3;1-7(2)5-6-8(3)4/h2*6-9H,4-5,11H2,1-3H3;5-6H2,1-4H3. The van der Waals surface area contributed by atoms with Gasteiger partial charge < -0.3 is 9.80 Å². The maximum Gasteiger partial charge on any atom is 0.105 e. The van der Waals surface area contributed by atoms with Gasteiger partial charge in [-0.25, -0.2) is 0 Å². The van der Waals surface area contributed by atoms with Crippen LogP contribution in [0.3, 0.4) is 0 Å². The molecular formula is C26H54B2N2. The fourth-order valence-corrected chi connectivity index (χ4v) is 7.22. The lowest BCUT2D eigenvalue weighted by molar-refractivity contribution is -0.0980. The van der Waals surface area contributed by atoms with Crippen molar-refractivity contribution >= 4 is 15.7 Å². The number of hydrogen-bond acceptors (Lipinski definition) is 2. The van der Waals surface area contributed by atoms with E-state index in [1.54, 1.807) is 0 Å². The number of likely N-dealkylation sites (N-methyl/N-ethyl adjacent to an activating group) is 2. The molecule has 174 valence electrons. The highest BCUT2D eigenvalue weighted by Gasteiger charge is 2.55. The lowest BCUT2D eigenvalue weighted by atomic mass is 9.41. The highest BCUT2D eigenvalue weighted by Crippen LogP contribution is 2.64. The first kappa shape index (κ1) is 26.3. The average molecular weight is 416 g/mol. The second-order valence-corrected chi connectivity index (χ2v) is 13.5. The molecule has 6 fully saturated rings. The molecule has 4 heteroatoms. The summed E-state index contributed by atoms with van der Waals surface area (Å²) in [6.07, 6.45) is 6.03. The van der Waals surface area contributed by atoms with Crippen molar-refractivity contribution in [3.8, 4) is 0 Å². The van der Waals surface area contributed by atoms with Crippen LogP contribution in [0, 0.1) is 46.3 Å². The van der Waals surface area contributed by atoms with Crippen LogP contribution >= 0.6 is 0 Å². The molecule has 6 aliphatic carbocycles. The van der Waals surface area contributed by atoms with Crippen molar-refractivity contribution in [2.75, 3.05) is 41.3 Å². The fraction of sp³-hybridized carbons (Fsp3) is 1.00. The van der Waals surface area contributed by atoms with E-state index in [0.29, 0.717) is 10.8 Å². The summed E-state index contributed by atoms with van der Waals surface area (Å²) in [5, 5.41) is 0. The number of hydrogen-bond donors (Lipinski definition) is 0. The molecule has 0 amide bonds. The van der Waals surface area contributed by atoms with Gasteiger partial charge in [0.2, 0.25) is 0 Å². The molecular weight excluding hydrogens is 362 g/mol. The van der Waals surface area contributed by atoms with Crippen LogP contribution in [0.25, 0.3) is 0 Å². The smallest absolute Gasteiger partial charge is 0.105 e. The lowest BCUT2D eigenvalue weighted by Gasteiger charge is -2.62. The molecule has 0 aliphatic heterocycles. The van der Waals surface area contributed by atoms with Gasteiger partial charge in [0.25, 0.3) is 0 Å². The Morgan fingerprint density at radius 1 is 0.633 bits per heavy atom. The van der Waals surface area contributed by atoms with E-state index >= 15 is 0 Å². The normalized spacial score (nSPS) is 42.1. The van der Waals surface area contributed by atoms with Crippen LogP contribution in [0.15, 0.2) is 0 Å². The molecule has 0 aromatic heterocycles. The lowest BCUT2D eigenvalue weighted by Crippen LogP contribution is -2.53. The predicted molar refractivity (Wildman–Crippen MR) is 140 cm³/mol. The van der Waals surface area contributed by atoms with E-state index in [2.05, 4.69) is 95.2 Å². The first-order chi connectivity index (χ1) is 13.7. The van der Waals surface area contributed by atoms with Crippen molar-refractivity contribution in [3.63, 3.8) is 0 Å². The van der Waals surface area contributed by atoms with Gasteiger partial charge in [-0.3, -0.25) is 0 Å². The second kappa shape index (κ2) is 9.90. The van der Waals surface area contributed by atoms with Gasteiger partial charge in [0.05, 0.1) is 0 Å². The van der Waals surface area contributed by atoms with Gasteiger partial charge in [-0.1, -0.05) is 66.0 Å². The molecule has 4 bridgehead atoms. The van der Waals surface area contributed by atoms with Crippen LogP contribution in [0.5, 0.6) is 0 Å². The highest BCUT2D eigenvalue weighted by molar-refractivity contribution is 6.12. The molecule has 6 saturated carbocycles. The Kier molecular flexibility index (Phi) is 8.68. The zero-order chi connectivity index (χ0) is 23.0. The van der Waals surface area contributed by atoms with Crippen LogP contribution < -0.4 is 0 Å². The van der Waals surface area contributed by atoms with Crippen LogP contribution in [0.4, 0.5) is 0 Å². The molecule has 30 heavy (non-hydrogen) atoms. The minimum Gasteiger partial charge on any atom is -0.308 e. The van der Waals surface area contributed by atoms with Crippen molar-refractivity contribution in [1.82, 2.24) is 9.80 Å². The SMILES string of the molecule is BC1CC2CC(C1C)C2(C)C.BC1CC2CC(C1C)C2(C)C.CN(C)CCN(C)C. The summed E-state index contributed by atoms with van der Waals surface area (Å²) in [6, 6.07) is 0. The molecule has 0 N–H and O–H groups in total. The first-order valence-corrected chi connectivity index (χ1v) is 13.0. The predicted octanol–water partition coefficient (Wildman–Crippen LogP) is 4.33. The molecule has 0 heterocycles. The van der Waals surface area contributed by atoms with E-state index < -0.39 is 0 Å². The molecule has 6 aliphatic rings. The van der Waals surface area contributed by atoms with Crippen LogP contribution in [-0.2, 0) is 0 Å². The molecule has 0 aromatic carbocycles. The average Bonchev–Trinajstić information content (AvgIpc) is 2.64. The third-order valence-electron chi connectivity index (χ3n) is 10.5. The Morgan fingerprint density at radius 3 is 1.10 bits per heavy atom. The van der Waals surface area contributed by atoms with E-state index in [1.807, 2.05) is 0 Å². The summed E-state index contributed by atoms with van der Waals surface area (Å²) in [5.41, 5.74) is 1.37. The zero-order valence-corrected chi connectivity index (χ0v) is 22.8. The molecule has 6 rings (SSSR count). The van der Waals surface area contributed by atoms with Crippen LogP contribution in [-0.4, -0.2) is 66.8 Å². The highest BCUT2D eigenvalue weighted by atomic mass is 15.1. The Hall–Kier alpha value is 0.0499. The van der Waals surface area contributed by atoms with Crippen molar-refractivity contribution in [2.24, 2.45) is 46.3 Å². The quantitative estimate of drug-likeness (QED) is 0.632. The van der Waals surface area contributed by atoms with E-state index in [1.165, 1.54) is 25.7 Å². The Bertz CT molecular complexity index is 497. The van der Waals surface area contributed by atoms with Gasteiger partial charge in [-0.2, -0.15) is 0 Å². The van der Waals surface area contributed by atoms with Crippen molar-refractivity contribution < 1.29 is 0 Å². The third-order valence-corrected chi connectivity index (χ3v) is 10.5. The molecule has 8 unspecified atom stereocenters. The van der Waals surface area contributed by atoms with Crippen LogP contribution in [0.1, 0.15) is 67.2 Å². The van der Waals surface area contributed by atoms with E-state index in [-0.39, 0.29) is 0 Å². The summed E-state index contributed by atoms with van der Waals surface area (Å²) in [6.45, 7) is 17.1. The van der Waals surface area contributed by atoms with Crippen LogP contribution in [0.2, 0.25) is 11.6 Å². The molecule has 0 spiro atoms. The van der Waals surface area contributed by atoms with Crippen molar-refractivity contribution in [1.29, 1.82) is 0 Å². The Labute approximate surface area is 192 Å². The number of nitrogens with zero attached hydrogens (tertiary/aromatic N) is 2.